The summed E-state index contributed by atoms with van der Waals surface area (Å²) >= 11 is 0. The Bertz CT molecular complexity index is 392. The summed E-state index contributed by atoms with van der Waals surface area (Å²) in [7, 11) is 0. The average molecular weight is 235 g/mol. The van der Waals surface area contributed by atoms with Gasteiger partial charge in [0.2, 0.25) is 0 Å². The van der Waals surface area contributed by atoms with E-state index in [0.29, 0.717) is 12.6 Å². The molecule has 1 fully saturated rings. The zero-order valence-electron chi connectivity index (χ0n) is 10.8. The van der Waals surface area contributed by atoms with Gasteiger partial charge in [0, 0.05) is 12.1 Å². The van der Waals surface area contributed by atoms with E-state index in [9.17, 15) is 0 Å². The van der Waals surface area contributed by atoms with E-state index in [1.165, 1.54) is 0 Å². The monoisotopic (exact) mass is 235 g/mol. The summed E-state index contributed by atoms with van der Waals surface area (Å²) in [6, 6.07) is 5.88. The molecule has 0 heterocycles. The average Bonchev–Trinajstić information content (AvgIpc) is 3.02. The first-order valence-electron chi connectivity index (χ1n) is 6.16. The molecule has 17 heavy (non-hydrogen) atoms. The van der Waals surface area contributed by atoms with Crippen LogP contribution in [-0.2, 0) is 6.54 Å². The molecule has 3 nitrogen and oxygen atoms in total. The van der Waals surface area contributed by atoms with Gasteiger partial charge in [-0.05, 0) is 51.8 Å². The summed E-state index contributed by atoms with van der Waals surface area (Å²) in [5, 5.41) is 0. The van der Waals surface area contributed by atoms with Crippen LogP contribution >= 0.6 is 0 Å². The third kappa shape index (κ3) is 3.63. The molecule has 0 aliphatic heterocycles. The molecule has 0 amide bonds. The first-order valence-corrected chi connectivity index (χ1v) is 6.16. The maximum atomic E-state index is 5.81. The Morgan fingerprint density at radius 2 is 2.00 bits per heavy atom. The maximum absolute atomic E-state index is 5.81. The van der Waals surface area contributed by atoms with E-state index in [1.54, 1.807) is 0 Å². The first kappa shape index (κ1) is 12.2. The van der Waals surface area contributed by atoms with E-state index in [-0.39, 0.29) is 5.60 Å². The van der Waals surface area contributed by atoms with Gasteiger partial charge in [0.25, 0.3) is 0 Å². The fraction of sp³-hybridized carbons (Fsp3) is 0.571. The van der Waals surface area contributed by atoms with Crippen molar-refractivity contribution in [3.63, 3.8) is 0 Å². The van der Waals surface area contributed by atoms with Crippen LogP contribution in [0.4, 0.5) is 0 Å². The highest BCUT2D eigenvalue weighted by molar-refractivity contribution is 5.40. The van der Waals surface area contributed by atoms with Gasteiger partial charge in [0.15, 0.2) is 0 Å². The van der Waals surface area contributed by atoms with Crippen molar-refractivity contribution < 1.29 is 9.47 Å². The molecule has 2 rings (SSSR count). The molecular weight excluding hydrogens is 214 g/mol. The largest absolute Gasteiger partial charge is 0.490 e. The fourth-order valence-electron chi connectivity index (χ4n) is 1.61. The molecule has 0 bridgehead atoms. The lowest BCUT2D eigenvalue weighted by atomic mass is 10.1. The Balaban J connectivity index is 2.14. The third-order valence-corrected chi connectivity index (χ3v) is 2.49. The molecule has 94 valence electrons. The Morgan fingerprint density at radius 1 is 1.29 bits per heavy atom. The van der Waals surface area contributed by atoms with E-state index in [4.69, 9.17) is 15.2 Å². The lowest BCUT2D eigenvalue weighted by Gasteiger charge is -2.22. The van der Waals surface area contributed by atoms with Crippen LogP contribution in [0.2, 0.25) is 0 Å². The SMILES string of the molecule is CC(C)(C)Oc1ccc(OC2CC2)c(CN)c1. The van der Waals surface area contributed by atoms with Crippen molar-refractivity contribution in [3.8, 4) is 11.5 Å². The first-order chi connectivity index (χ1) is 7.98. The summed E-state index contributed by atoms with van der Waals surface area (Å²) in [4.78, 5) is 0. The molecule has 0 unspecified atom stereocenters. The molecule has 0 radical (unpaired) electrons. The summed E-state index contributed by atoms with van der Waals surface area (Å²) < 4.78 is 11.6. The van der Waals surface area contributed by atoms with E-state index in [0.717, 1.165) is 29.9 Å². The van der Waals surface area contributed by atoms with E-state index in [1.807, 2.05) is 39.0 Å². The maximum Gasteiger partial charge on any atom is 0.124 e. The molecule has 0 spiro atoms. The quantitative estimate of drug-likeness (QED) is 0.872. The highest BCUT2D eigenvalue weighted by Gasteiger charge is 2.24. The van der Waals surface area contributed by atoms with Gasteiger partial charge in [-0.2, -0.15) is 0 Å². The van der Waals surface area contributed by atoms with Crippen LogP contribution in [-0.4, -0.2) is 11.7 Å². The summed E-state index contributed by atoms with van der Waals surface area (Å²) in [5.74, 6) is 1.75. The van der Waals surface area contributed by atoms with Crippen molar-refractivity contribution in [2.75, 3.05) is 0 Å². The molecule has 1 aromatic carbocycles. The zero-order valence-corrected chi connectivity index (χ0v) is 10.8. The second-order valence-corrected chi connectivity index (χ2v) is 5.51. The van der Waals surface area contributed by atoms with Crippen LogP contribution in [0, 0.1) is 0 Å². The number of benzene rings is 1. The van der Waals surface area contributed by atoms with E-state index < -0.39 is 0 Å². The van der Waals surface area contributed by atoms with Gasteiger partial charge in [-0.15, -0.1) is 0 Å². The van der Waals surface area contributed by atoms with Crippen LogP contribution in [0.5, 0.6) is 11.5 Å². The predicted molar refractivity (Wildman–Crippen MR) is 68.4 cm³/mol. The van der Waals surface area contributed by atoms with E-state index in [2.05, 4.69) is 0 Å². The van der Waals surface area contributed by atoms with Crippen LogP contribution < -0.4 is 15.2 Å². The van der Waals surface area contributed by atoms with Gasteiger partial charge in [0.1, 0.15) is 17.1 Å². The number of nitrogens with two attached hydrogens (primary N) is 1. The number of ether oxygens (including phenoxy) is 2. The normalized spacial score (nSPS) is 15.8. The number of hydrogen-bond donors (Lipinski definition) is 1. The number of rotatable bonds is 4. The van der Waals surface area contributed by atoms with Gasteiger partial charge in [0.05, 0.1) is 6.10 Å². The molecule has 1 saturated carbocycles. The van der Waals surface area contributed by atoms with Gasteiger partial charge in [-0.1, -0.05) is 0 Å². The smallest absolute Gasteiger partial charge is 0.124 e. The van der Waals surface area contributed by atoms with Crippen LogP contribution in [0.1, 0.15) is 39.2 Å². The Morgan fingerprint density at radius 3 is 2.53 bits per heavy atom. The highest BCUT2D eigenvalue weighted by Crippen LogP contribution is 2.31. The number of hydrogen-bond acceptors (Lipinski definition) is 3. The fourth-order valence-corrected chi connectivity index (χ4v) is 1.61. The molecular formula is C14H21NO2. The summed E-state index contributed by atoms with van der Waals surface area (Å²) in [5.41, 5.74) is 6.57. The van der Waals surface area contributed by atoms with Gasteiger partial charge >= 0.3 is 0 Å². The predicted octanol–water partition coefficient (Wildman–Crippen LogP) is 2.86. The van der Waals surface area contributed by atoms with Gasteiger partial charge < -0.3 is 15.2 Å². The van der Waals surface area contributed by atoms with Crippen molar-refractivity contribution >= 4 is 0 Å². The Kier molecular flexibility index (Phi) is 3.29. The molecule has 1 aromatic rings. The van der Waals surface area contributed by atoms with Gasteiger partial charge in [-0.25, -0.2) is 0 Å². The zero-order chi connectivity index (χ0) is 12.5. The third-order valence-electron chi connectivity index (χ3n) is 2.49. The summed E-state index contributed by atoms with van der Waals surface area (Å²) in [6.07, 6.45) is 2.71. The topological polar surface area (TPSA) is 44.5 Å². The van der Waals surface area contributed by atoms with Crippen molar-refractivity contribution in [1.29, 1.82) is 0 Å². The molecule has 0 saturated heterocycles. The van der Waals surface area contributed by atoms with Crippen LogP contribution in [0.3, 0.4) is 0 Å². The van der Waals surface area contributed by atoms with Gasteiger partial charge in [-0.3, -0.25) is 0 Å². The second-order valence-electron chi connectivity index (χ2n) is 5.51. The van der Waals surface area contributed by atoms with Crippen LogP contribution in [0.25, 0.3) is 0 Å². The molecule has 2 N–H and O–H groups in total. The Labute approximate surface area is 103 Å². The molecule has 0 aromatic heterocycles. The Hall–Kier alpha value is -1.22. The molecule has 0 atom stereocenters. The van der Waals surface area contributed by atoms with Crippen molar-refractivity contribution in [1.82, 2.24) is 0 Å². The van der Waals surface area contributed by atoms with Crippen LogP contribution in [0.15, 0.2) is 18.2 Å². The minimum atomic E-state index is -0.190. The lowest BCUT2D eigenvalue weighted by molar-refractivity contribution is 0.130. The lowest BCUT2D eigenvalue weighted by Crippen LogP contribution is -2.23. The standard InChI is InChI=1S/C14H21NO2/c1-14(2,3)17-12-6-7-13(10(8-12)9-15)16-11-4-5-11/h6-8,11H,4-5,9,15H2,1-3H3. The highest BCUT2D eigenvalue weighted by atomic mass is 16.5. The van der Waals surface area contributed by atoms with E-state index >= 15 is 0 Å². The van der Waals surface area contributed by atoms with Crippen molar-refractivity contribution in [3.05, 3.63) is 23.8 Å². The van der Waals surface area contributed by atoms with Crippen molar-refractivity contribution in [2.24, 2.45) is 5.73 Å². The molecule has 1 aliphatic rings. The minimum Gasteiger partial charge on any atom is -0.490 e. The second kappa shape index (κ2) is 4.57. The summed E-state index contributed by atoms with van der Waals surface area (Å²) in [6.45, 7) is 6.57. The molecule has 3 heteroatoms. The minimum absolute atomic E-state index is 0.190. The van der Waals surface area contributed by atoms with Crippen molar-refractivity contribution in [2.45, 2.75) is 51.9 Å². The molecule has 1 aliphatic carbocycles.